The Hall–Kier alpha value is -2.74. The standard InChI is InChI=1S/C18H14ClFN2O5/c1-26-17(25)18-6-2-3-10(18)16(21-27-18)9-7-13(12(20)8-11(9)19)22-14(23)4-5-15(22)24/h4-5,7-8,10H,2-3,6H2,1H3. The molecule has 0 N–H and O–H groups in total. The third-order valence-corrected chi connectivity index (χ3v) is 5.45. The second-order valence-electron chi connectivity index (χ2n) is 6.52. The minimum Gasteiger partial charge on any atom is -0.466 e. The number of benzene rings is 1. The van der Waals surface area contributed by atoms with Gasteiger partial charge in [0.15, 0.2) is 0 Å². The first-order valence-electron chi connectivity index (χ1n) is 8.29. The van der Waals surface area contributed by atoms with Crippen molar-refractivity contribution >= 4 is 40.8 Å². The second kappa shape index (κ2) is 6.16. The lowest BCUT2D eigenvalue weighted by Gasteiger charge is -2.24. The highest BCUT2D eigenvalue weighted by molar-refractivity contribution is 6.35. The molecule has 9 heteroatoms. The van der Waals surface area contributed by atoms with Crippen LogP contribution in [0.5, 0.6) is 0 Å². The summed E-state index contributed by atoms with van der Waals surface area (Å²) in [6.07, 6.45) is 3.89. The average Bonchev–Trinajstić information content (AvgIpc) is 3.30. The number of oxime groups is 1. The van der Waals surface area contributed by atoms with Gasteiger partial charge < -0.3 is 9.57 Å². The van der Waals surface area contributed by atoms with Gasteiger partial charge in [-0.1, -0.05) is 16.8 Å². The van der Waals surface area contributed by atoms with Crippen LogP contribution in [0.1, 0.15) is 24.8 Å². The fourth-order valence-electron chi connectivity index (χ4n) is 3.87. The number of methoxy groups -OCH3 is 1. The van der Waals surface area contributed by atoms with Gasteiger partial charge in [-0.15, -0.1) is 0 Å². The number of imide groups is 1. The van der Waals surface area contributed by atoms with Crippen LogP contribution in [0.3, 0.4) is 0 Å². The fourth-order valence-corrected chi connectivity index (χ4v) is 4.12. The van der Waals surface area contributed by atoms with Crippen molar-refractivity contribution in [1.82, 2.24) is 0 Å². The van der Waals surface area contributed by atoms with Crippen LogP contribution in [0, 0.1) is 11.7 Å². The van der Waals surface area contributed by atoms with Crippen molar-refractivity contribution in [2.45, 2.75) is 24.9 Å². The number of anilines is 1. The fraction of sp³-hybridized carbons (Fsp3) is 0.333. The van der Waals surface area contributed by atoms with E-state index in [4.69, 9.17) is 21.2 Å². The third kappa shape index (κ3) is 2.47. The average molecular weight is 393 g/mol. The Kier molecular flexibility index (Phi) is 4.03. The van der Waals surface area contributed by atoms with Crippen LogP contribution in [-0.2, 0) is 24.0 Å². The number of carbonyl (C=O) groups is 3. The van der Waals surface area contributed by atoms with Gasteiger partial charge in [-0.3, -0.25) is 9.59 Å². The molecule has 2 atom stereocenters. The molecule has 1 saturated carbocycles. The summed E-state index contributed by atoms with van der Waals surface area (Å²) in [6, 6.07) is 2.30. The molecule has 1 fully saturated rings. The van der Waals surface area contributed by atoms with Crippen molar-refractivity contribution in [1.29, 1.82) is 0 Å². The smallest absolute Gasteiger partial charge is 0.353 e. The van der Waals surface area contributed by atoms with E-state index >= 15 is 0 Å². The number of esters is 1. The Labute approximate surface area is 158 Å². The predicted octanol–water partition coefficient (Wildman–Crippen LogP) is 2.35. The van der Waals surface area contributed by atoms with E-state index in [1.165, 1.54) is 13.2 Å². The number of rotatable bonds is 3. The van der Waals surface area contributed by atoms with Gasteiger partial charge in [0.25, 0.3) is 11.8 Å². The number of carbonyl (C=O) groups excluding carboxylic acids is 3. The summed E-state index contributed by atoms with van der Waals surface area (Å²) in [5.41, 5.74) is -0.775. The Morgan fingerprint density at radius 3 is 2.74 bits per heavy atom. The van der Waals surface area contributed by atoms with Gasteiger partial charge in [0.2, 0.25) is 5.60 Å². The van der Waals surface area contributed by atoms with Crippen LogP contribution in [-0.4, -0.2) is 36.2 Å². The summed E-state index contributed by atoms with van der Waals surface area (Å²) in [5, 5.41) is 4.07. The molecule has 2 heterocycles. The zero-order valence-electron chi connectivity index (χ0n) is 14.2. The van der Waals surface area contributed by atoms with E-state index in [0.717, 1.165) is 24.6 Å². The Morgan fingerprint density at radius 2 is 2.07 bits per heavy atom. The molecule has 0 aromatic heterocycles. The van der Waals surface area contributed by atoms with Crippen molar-refractivity contribution in [3.05, 3.63) is 40.7 Å². The molecule has 1 aromatic rings. The maximum atomic E-state index is 14.4. The maximum absolute atomic E-state index is 14.4. The highest BCUT2D eigenvalue weighted by Crippen LogP contribution is 2.47. The van der Waals surface area contributed by atoms with Crippen molar-refractivity contribution < 1.29 is 28.3 Å². The molecule has 0 bridgehead atoms. The van der Waals surface area contributed by atoms with Crippen molar-refractivity contribution in [2.24, 2.45) is 11.1 Å². The van der Waals surface area contributed by atoms with Crippen molar-refractivity contribution in [2.75, 3.05) is 12.0 Å². The van der Waals surface area contributed by atoms with Gasteiger partial charge in [-0.05, 0) is 25.0 Å². The molecule has 4 rings (SSSR count). The SMILES string of the molecule is COC(=O)C12CCCC1C(c1cc(N3C(=O)C=CC3=O)c(F)cc1Cl)=NO2. The molecular weight excluding hydrogens is 379 g/mol. The third-order valence-electron chi connectivity index (χ3n) is 5.13. The summed E-state index contributed by atoms with van der Waals surface area (Å²) in [5.74, 6) is -3.07. The van der Waals surface area contributed by atoms with E-state index in [0.29, 0.717) is 29.0 Å². The molecule has 0 spiro atoms. The van der Waals surface area contributed by atoms with Crippen LogP contribution in [0.25, 0.3) is 0 Å². The van der Waals surface area contributed by atoms with Gasteiger partial charge in [-0.2, -0.15) is 0 Å². The van der Waals surface area contributed by atoms with Gasteiger partial charge >= 0.3 is 5.97 Å². The largest absolute Gasteiger partial charge is 0.466 e. The second-order valence-corrected chi connectivity index (χ2v) is 6.93. The molecular formula is C18H14ClFN2O5. The monoisotopic (exact) mass is 392 g/mol. The molecule has 27 heavy (non-hydrogen) atoms. The van der Waals surface area contributed by atoms with Crippen LogP contribution >= 0.6 is 11.6 Å². The lowest BCUT2D eigenvalue weighted by atomic mass is 9.84. The molecule has 2 amide bonds. The van der Waals surface area contributed by atoms with E-state index in [-0.39, 0.29) is 10.7 Å². The molecule has 0 radical (unpaired) electrons. The van der Waals surface area contributed by atoms with Crippen LogP contribution < -0.4 is 4.90 Å². The maximum Gasteiger partial charge on any atom is 0.353 e. The van der Waals surface area contributed by atoms with Crippen LogP contribution in [0.2, 0.25) is 5.02 Å². The quantitative estimate of drug-likeness (QED) is 0.582. The van der Waals surface area contributed by atoms with Gasteiger partial charge in [-0.25, -0.2) is 14.1 Å². The number of halogens is 2. The topological polar surface area (TPSA) is 85.3 Å². The highest BCUT2D eigenvalue weighted by Gasteiger charge is 2.59. The Balaban J connectivity index is 1.77. The first-order valence-corrected chi connectivity index (χ1v) is 8.67. The number of hydrogen-bond donors (Lipinski definition) is 0. The summed E-state index contributed by atoms with van der Waals surface area (Å²) in [6.45, 7) is 0. The zero-order valence-corrected chi connectivity index (χ0v) is 15.0. The van der Waals surface area contributed by atoms with E-state index < -0.39 is 35.1 Å². The van der Waals surface area contributed by atoms with E-state index in [1.807, 2.05) is 0 Å². The lowest BCUT2D eigenvalue weighted by molar-refractivity contribution is -0.168. The summed E-state index contributed by atoms with van der Waals surface area (Å²) >= 11 is 6.21. The summed E-state index contributed by atoms with van der Waals surface area (Å²) in [4.78, 5) is 42.3. The molecule has 2 unspecified atom stereocenters. The van der Waals surface area contributed by atoms with Crippen LogP contribution in [0.4, 0.5) is 10.1 Å². The summed E-state index contributed by atoms with van der Waals surface area (Å²) in [7, 11) is 1.27. The lowest BCUT2D eigenvalue weighted by Crippen LogP contribution is -2.43. The Morgan fingerprint density at radius 1 is 1.37 bits per heavy atom. The van der Waals surface area contributed by atoms with E-state index in [9.17, 15) is 18.8 Å². The van der Waals surface area contributed by atoms with E-state index in [1.54, 1.807) is 0 Å². The molecule has 0 saturated heterocycles. The zero-order chi connectivity index (χ0) is 19.3. The number of ether oxygens (including phenoxy) is 1. The molecule has 140 valence electrons. The molecule has 7 nitrogen and oxygen atoms in total. The predicted molar refractivity (Wildman–Crippen MR) is 92.8 cm³/mol. The first kappa shape index (κ1) is 17.7. The molecule has 1 aromatic carbocycles. The summed E-state index contributed by atoms with van der Waals surface area (Å²) < 4.78 is 19.3. The normalized spacial score (nSPS) is 26.3. The first-order chi connectivity index (χ1) is 12.9. The highest BCUT2D eigenvalue weighted by atomic mass is 35.5. The minimum absolute atomic E-state index is 0.0400. The van der Waals surface area contributed by atoms with Crippen molar-refractivity contribution in [3.8, 4) is 0 Å². The number of hydrogen-bond acceptors (Lipinski definition) is 6. The van der Waals surface area contributed by atoms with Gasteiger partial charge in [0.05, 0.1) is 29.4 Å². The Bertz CT molecular complexity index is 926. The minimum atomic E-state index is -1.22. The van der Waals surface area contributed by atoms with Gasteiger partial charge in [0.1, 0.15) is 5.82 Å². The van der Waals surface area contributed by atoms with Crippen molar-refractivity contribution in [3.63, 3.8) is 0 Å². The van der Waals surface area contributed by atoms with E-state index in [2.05, 4.69) is 5.16 Å². The van der Waals surface area contributed by atoms with Gasteiger partial charge in [0, 0.05) is 24.1 Å². The molecule has 3 aliphatic rings. The number of nitrogens with zero attached hydrogens (tertiary/aromatic N) is 2. The number of fused-ring (bicyclic) bond motifs is 1. The molecule has 2 aliphatic heterocycles. The molecule has 1 aliphatic carbocycles. The van der Waals surface area contributed by atoms with Crippen LogP contribution in [0.15, 0.2) is 29.4 Å². The number of amides is 2.